The van der Waals surface area contributed by atoms with Crippen LogP contribution in [0.1, 0.15) is 35.4 Å². The monoisotopic (exact) mass is 452 g/mol. The van der Waals surface area contributed by atoms with Gasteiger partial charge in [-0.15, -0.1) is 0 Å². The van der Waals surface area contributed by atoms with E-state index in [1.54, 1.807) is 35.3 Å². The molecule has 1 unspecified atom stereocenters. The Bertz CT molecular complexity index is 1000. The number of benzene rings is 3. The van der Waals surface area contributed by atoms with E-state index >= 15 is 0 Å². The average Bonchev–Trinajstić information content (AvgIpc) is 3.27. The zero-order valence-corrected chi connectivity index (χ0v) is 18.2. The van der Waals surface area contributed by atoms with Crippen molar-refractivity contribution >= 4 is 6.21 Å². The quantitative estimate of drug-likeness (QED) is 0.460. The minimum atomic E-state index is -4.85. The first-order valence-electron chi connectivity index (χ1n) is 11.1. The Kier molecular flexibility index (Phi) is 6.84. The van der Waals surface area contributed by atoms with Crippen LogP contribution in [-0.4, -0.2) is 40.7 Å². The Labute approximate surface area is 192 Å². The van der Waals surface area contributed by atoms with E-state index in [2.05, 4.69) is 5.10 Å². The SMILES string of the molecule is OC(/C=N/N1CCC[C@H]1C(c1ccccc1)c1ccccc1)(Cc1ccccc1)C(F)(F)F. The van der Waals surface area contributed by atoms with Crippen LogP contribution in [0.3, 0.4) is 0 Å². The Morgan fingerprint density at radius 3 is 1.91 bits per heavy atom. The van der Waals surface area contributed by atoms with Crippen LogP contribution in [0.25, 0.3) is 0 Å². The summed E-state index contributed by atoms with van der Waals surface area (Å²) >= 11 is 0. The largest absolute Gasteiger partial charge is 0.422 e. The molecular formula is C27H27F3N2O. The number of halogens is 3. The minimum Gasteiger partial charge on any atom is -0.375 e. The molecule has 0 amide bonds. The van der Waals surface area contributed by atoms with Crippen LogP contribution in [-0.2, 0) is 6.42 Å². The van der Waals surface area contributed by atoms with Crippen molar-refractivity contribution in [3.63, 3.8) is 0 Å². The van der Waals surface area contributed by atoms with E-state index in [-0.39, 0.29) is 12.0 Å². The summed E-state index contributed by atoms with van der Waals surface area (Å²) in [6.07, 6.45) is -3.12. The zero-order valence-electron chi connectivity index (χ0n) is 18.2. The highest BCUT2D eigenvalue weighted by atomic mass is 19.4. The molecule has 0 saturated carbocycles. The fraction of sp³-hybridized carbons (Fsp3) is 0.296. The molecule has 0 aromatic heterocycles. The number of alkyl halides is 3. The van der Waals surface area contributed by atoms with Crippen LogP contribution in [0, 0.1) is 0 Å². The predicted octanol–water partition coefficient (Wildman–Crippen LogP) is 5.80. The van der Waals surface area contributed by atoms with Crippen LogP contribution in [0.5, 0.6) is 0 Å². The van der Waals surface area contributed by atoms with E-state index in [0.717, 1.165) is 24.0 Å². The van der Waals surface area contributed by atoms with Gasteiger partial charge in [0, 0.05) is 18.9 Å². The lowest BCUT2D eigenvalue weighted by Gasteiger charge is -2.32. The molecule has 3 nitrogen and oxygen atoms in total. The summed E-state index contributed by atoms with van der Waals surface area (Å²) in [7, 11) is 0. The van der Waals surface area contributed by atoms with Crippen LogP contribution in [0.2, 0.25) is 0 Å². The van der Waals surface area contributed by atoms with Gasteiger partial charge in [0.1, 0.15) is 0 Å². The number of rotatable bonds is 7. The number of hydrogen-bond acceptors (Lipinski definition) is 3. The summed E-state index contributed by atoms with van der Waals surface area (Å²) < 4.78 is 41.7. The molecule has 1 saturated heterocycles. The molecule has 6 heteroatoms. The van der Waals surface area contributed by atoms with Gasteiger partial charge in [0.2, 0.25) is 5.60 Å². The molecule has 0 bridgehead atoms. The first-order chi connectivity index (χ1) is 15.9. The maximum Gasteiger partial charge on any atom is 0.422 e. The van der Waals surface area contributed by atoms with Crippen molar-refractivity contribution in [2.45, 2.75) is 43.0 Å². The predicted molar refractivity (Wildman–Crippen MR) is 124 cm³/mol. The van der Waals surface area contributed by atoms with Crippen LogP contribution < -0.4 is 0 Å². The third-order valence-corrected chi connectivity index (χ3v) is 6.20. The molecule has 4 rings (SSSR count). The fourth-order valence-corrected chi connectivity index (χ4v) is 4.51. The van der Waals surface area contributed by atoms with Crippen LogP contribution in [0.15, 0.2) is 96.1 Å². The zero-order chi connectivity index (χ0) is 23.3. The second-order valence-electron chi connectivity index (χ2n) is 8.50. The molecule has 3 aromatic rings. The van der Waals surface area contributed by atoms with Crippen molar-refractivity contribution in [2.24, 2.45) is 5.10 Å². The molecule has 33 heavy (non-hydrogen) atoms. The summed E-state index contributed by atoms with van der Waals surface area (Å²) in [5.74, 6) is -0.0415. The molecule has 3 aromatic carbocycles. The Morgan fingerprint density at radius 2 is 1.39 bits per heavy atom. The Balaban J connectivity index is 1.64. The maximum atomic E-state index is 13.9. The van der Waals surface area contributed by atoms with Crippen LogP contribution >= 0.6 is 0 Å². The van der Waals surface area contributed by atoms with Crippen molar-refractivity contribution in [3.05, 3.63) is 108 Å². The second kappa shape index (κ2) is 9.79. The number of hydrazone groups is 1. The molecule has 1 aliphatic rings. The van der Waals surface area contributed by atoms with E-state index < -0.39 is 18.2 Å². The summed E-state index contributed by atoms with van der Waals surface area (Å²) in [6.45, 7) is 0.538. The van der Waals surface area contributed by atoms with Gasteiger partial charge in [-0.05, 0) is 29.5 Å². The summed E-state index contributed by atoms with van der Waals surface area (Å²) in [5, 5.41) is 16.6. The van der Waals surface area contributed by atoms with E-state index in [4.69, 9.17) is 0 Å². The Hall–Kier alpha value is -3.12. The Morgan fingerprint density at radius 1 is 0.879 bits per heavy atom. The highest BCUT2D eigenvalue weighted by molar-refractivity contribution is 5.70. The average molecular weight is 453 g/mol. The minimum absolute atomic E-state index is 0.0415. The highest BCUT2D eigenvalue weighted by Crippen LogP contribution is 2.37. The standard InChI is InChI=1S/C27H27F3N2O/c28-27(29,30)26(33,19-21-11-4-1-5-12-21)20-31-32-18-10-17-24(32)25(22-13-6-2-7-14-22)23-15-8-3-9-16-23/h1-9,11-16,20,24-25,33H,10,17-19H2/b31-20+/t24-,26?/m0/s1. The van der Waals surface area contributed by atoms with Crippen molar-refractivity contribution in [3.8, 4) is 0 Å². The normalized spacial score (nSPS) is 18.7. The van der Waals surface area contributed by atoms with Gasteiger partial charge in [-0.3, -0.25) is 5.01 Å². The van der Waals surface area contributed by atoms with Gasteiger partial charge in [0.25, 0.3) is 0 Å². The lowest BCUT2D eigenvalue weighted by Crippen LogP contribution is -2.49. The molecule has 1 fully saturated rings. The van der Waals surface area contributed by atoms with Gasteiger partial charge >= 0.3 is 6.18 Å². The van der Waals surface area contributed by atoms with Gasteiger partial charge in [-0.1, -0.05) is 91.0 Å². The van der Waals surface area contributed by atoms with Crippen molar-refractivity contribution in [1.29, 1.82) is 0 Å². The van der Waals surface area contributed by atoms with Crippen molar-refractivity contribution < 1.29 is 18.3 Å². The van der Waals surface area contributed by atoms with Gasteiger partial charge in [-0.25, -0.2) is 0 Å². The second-order valence-corrected chi connectivity index (χ2v) is 8.50. The maximum absolute atomic E-state index is 13.9. The van der Waals surface area contributed by atoms with Crippen molar-refractivity contribution in [2.75, 3.05) is 6.54 Å². The smallest absolute Gasteiger partial charge is 0.375 e. The van der Waals surface area contributed by atoms with E-state index in [0.29, 0.717) is 18.3 Å². The lowest BCUT2D eigenvalue weighted by atomic mass is 9.84. The third kappa shape index (κ3) is 5.28. The first-order valence-corrected chi connectivity index (χ1v) is 11.1. The number of hydrogen-bond donors (Lipinski definition) is 1. The molecule has 1 heterocycles. The van der Waals surface area contributed by atoms with Gasteiger partial charge in [0.15, 0.2) is 0 Å². The first kappa shape index (κ1) is 23.1. The molecule has 2 atom stereocenters. The topological polar surface area (TPSA) is 35.8 Å². The molecule has 0 aliphatic carbocycles. The molecule has 0 spiro atoms. The molecular weight excluding hydrogens is 425 g/mol. The van der Waals surface area contributed by atoms with Crippen LogP contribution in [0.4, 0.5) is 13.2 Å². The van der Waals surface area contributed by atoms with Crippen molar-refractivity contribution in [1.82, 2.24) is 5.01 Å². The van der Waals surface area contributed by atoms with Gasteiger partial charge in [0.05, 0.1) is 12.3 Å². The van der Waals surface area contributed by atoms with E-state index in [1.807, 2.05) is 60.7 Å². The highest BCUT2D eigenvalue weighted by Gasteiger charge is 2.53. The molecule has 1 aliphatic heterocycles. The number of aliphatic hydroxyl groups is 1. The van der Waals surface area contributed by atoms with E-state index in [1.165, 1.54) is 0 Å². The molecule has 0 radical (unpaired) electrons. The number of nitrogens with zero attached hydrogens (tertiary/aromatic N) is 2. The van der Waals surface area contributed by atoms with Gasteiger partial charge in [-0.2, -0.15) is 18.3 Å². The fourth-order valence-electron chi connectivity index (χ4n) is 4.51. The van der Waals surface area contributed by atoms with E-state index in [9.17, 15) is 18.3 Å². The lowest BCUT2D eigenvalue weighted by molar-refractivity contribution is -0.228. The summed E-state index contributed by atoms with van der Waals surface area (Å²) in [6, 6.07) is 28.0. The molecule has 1 N–H and O–H groups in total. The summed E-state index contributed by atoms with van der Waals surface area (Å²) in [4.78, 5) is 0. The third-order valence-electron chi connectivity index (χ3n) is 6.20. The summed E-state index contributed by atoms with van der Waals surface area (Å²) in [5.41, 5.74) is -0.471. The van der Waals surface area contributed by atoms with Gasteiger partial charge < -0.3 is 5.11 Å². The molecule has 172 valence electrons.